The van der Waals surface area contributed by atoms with E-state index in [9.17, 15) is 0 Å². The van der Waals surface area contributed by atoms with Crippen molar-refractivity contribution >= 4 is 5.52 Å². The molecule has 0 aliphatic carbocycles. The number of rotatable bonds is 4. The first-order valence-electron chi connectivity index (χ1n) is 7.72. The van der Waals surface area contributed by atoms with Gasteiger partial charge < -0.3 is 10.1 Å². The predicted molar refractivity (Wildman–Crippen MR) is 82.8 cm³/mol. The third kappa shape index (κ3) is 3.18. The number of aromatic nitrogens is 3. The van der Waals surface area contributed by atoms with E-state index in [1.54, 1.807) is 6.20 Å². The molecule has 1 saturated heterocycles. The zero-order chi connectivity index (χ0) is 14.9. The number of nitrogens with zero attached hydrogens (tertiary/aromatic N) is 3. The molecule has 1 unspecified atom stereocenters. The summed E-state index contributed by atoms with van der Waals surface area (Å²) in [6, 6.07) is 2.08. The lowest BCUT2D eigenvalue weighted by Gasteiger charge is -2.13. The summed E-state index contributed by atoms with van der Waals surface area (Å²) in [5.74, 6) is 1.42. The molecule has 1 aliphatic heterocycles. The van der Waals surface area contributed by atoms with Crippen molar-refractivity contribution in [2.75, 3.05) is 19.7 Å². The van der Waals surface area contributed by atoms with E-state index in [1.165, 1.54) is 6.42 Å². The Morgan fingerprint density at radius 2 is 2.29 bits per heavy atom. The molecule has 1 aliphatic rings. The van der Waals surface area contributed by atoms with E-state index < -0.39 is 0 Å². The van der Waals surface area contributed by atoms with Crippen LogP contribution in [0, 0.1) is 5.92 Å². The SMILES string of the molecule is CC(C)(C)c1cc2c(OCCC3CCNC3)nccn2n1. The van der Waals surface area contributed by atoms with Gasteiger partial charge >= 0.3 is 0 Å². The van der Waals surface area contributed by atoms with Crippen LogP contribution < -0.4 is 10.1 Å². The Balaban J connectivity index is 1.73. The number of nitrogens with one attached hydrogen (secondary N) is 1. The van der Waals surface area contributed by atoms with E-state index in [-0.39, 0.29) is 5.41 Å². The molecule has 0 bridgehead atoms. The van der Waals surface area contributed by atoms with Crippen LogP contribution in [0.3, 0.4) is 0 Å². The topological polar surface area (TPSA) is 51.5 Å². The van der Waals surface area contributed by atoms with E-state index in [1.807, 2.05) is 10.7 Å². The molecule has 0 spiro atoms. The summed E-state index contributed by atoms with van der Waals surface area (Å²) in [4.78, 5) is 4.37. The third-order valence-electron chi connectivity index (χ3n) is 4.05. The summed E-state index contributed by atoms with van der Waals surface area (Å²) in [6.45, 7) is 9.45. The normalized spacial score (nSPS) is 19.3. The standard InChI is InChI=1S/C16H24N4O/c1-16(2,3)14-10-13-15(18-7-8-20(13)19-14)21-9-5-12-4-6-17-11-12/h7-8,10,12,17H,4-6,9,11H2,1-3H3. The van der Waals surface area contributed by atoms with E-state index in [2.05, 4.69) is 42.2 Å². The Morgan fingerprint density at radius 1 is 1.43 bits per heavy atom. The summed E-state index contributed by atoms with van der Waals surface area (Å²) >= 11 is 0. The molecule has 0 aromatic carbocycles. The van der Waals surface area contributed by atoms with Crippen molar-refractivity contribution in [1.29, 1.82) is 0 Å². The fourth-order valence-electron chi connectivity index (χ4n) is 2.66. The van der Waals surface area contributed by atoms with E-state index in [4.69, 9.17) is 4.74 Å². The first kappa shape index (κ1) is 14.3. The van der Waals surface area contributed by atoms with Gasteiger partial charge in [-0.3, -0.25) is 0 Å². The molecule has 1 N–H and O–H groups in total. The van der Waals surface area contributed by atoms with E-state index in [0.717, 1.165) is 43.2 Å². The molecule has 3 heterocycles. The van der Waals surface area contributed by atoms with E-state index >= 15 is 0 Å². The highest BCUT2D eigenvalue weighted by atomic mass is 16.5. The molecule has 114 valence electrons. The summed E-state index contributed by atoms with van der Waals surface area (Å²) in [5, 5.41) is 8.00. The fourth-order valence-corrected chi connectivity index (χ4v) is 2.66. The quantitative estimate of drug-likeness (QED) is 0.938. The van der Waals surface area contributed by atoms with Crippen molar-refractivity contribution in [3.8, 4) is 5.88 Å². The molecule has 0 radical (unpaired) electrons. The maximum absolute atomic E-state index is 5.91. The van der Waals surface area contributed by atoms with Crippen LogP contribution in [-0.2, 0) is 5.41 Å². The second kappa shape index (κ2) is 5.64. The zero-order valence-corrected chi connectivity index (χ0v) is 13.1. The van der Waals surface area contributed by atoms with Crippen molar-refractivity contribution in [2.45, 2.75) is 39.0 Å². The first-order valence-corrected chi connectivity index (χ1v) is 7.72. The Bertz CT molecular complexity index is 608. The molecular formula is C16H24N4O. The average molecular weight is 288 g/mol. The molecule has 0 saturated carbocycles. The van der Waals surface area contributed by atoms with Gasteiger partial charge in [0.05, 0.1) is 12.3 Å². The van der Waals surface area contributed by atoms with Crippen molar-refractivity contribution in [1.82, 2.24) is 19.9 Å². The van der Waals surface area contributed by atoms with Gasteiger partial charge in [0.2, 0.25) is 5.88 Å². The minimum atomic E-state index is 0.0266. The summed E-state index contributed by atoms with van der Waals surface area (Å²) in [6.07, 6.45) is 5.95. The van der Waals surface area contributed by atoms with Gasteiger partial charge in [-0.1, -0.05) is 20.8 Å². The van der Waals surface area contributed by atoms with Crippen LogP contribution in [0.15, 0.2) is 18.5 Å². The smallest absolute Gasteiger partial charge is 0.240 e. The van der Waals surface area contributed by atoms with Gasteiger partial charge in [0, 0.05) is 17.8 Å². The van der Waals surface area contributed by atoms with Crippen LogP contribution >= 0.6 is 0 Å². The van der Waals surface area contributed by atoms with Gasteiger partial charge in [-0.15, -0.1) is 0 Å². The molecule has 2 aromatic heterocycles. The molecule has 5 nitrogen and oxygen atoms in total. The highest BCUT2D eigenvalue weighted by molar-refractivity contribution is 5.57. The Kier molecular flexibility index (Phi) is 3.85. The highest BCUT2D eigenvalue weighted by Gasteiger charge is 2.20. The van der Waals surface area contributed by atoms with Crippen molar-refractivity contribution < 1.29 is 4.74 Å². The number of hydrogen-bond donors (Lipinski definition) is 1. The molecule has 2 aromatic rings. The highest BCUT2D eigenvalue weighted by Crippen LogP contribution is 2.25. The van der Waals surface area contributed by atoms with Crippen molar-refractivity contribution in [3.63, 3.8) is 0 Å². The molecule has 21 heavy (non-hydrogen) atoms. The van der Waals surface area contributed by atoms with Gasteiger partial charge in [0.25, 0.3) is 0 Å². The molecule has 0 amide bonds. The Morgan fingerprint density at radius 3 is 3.00 bits per heavy atom. The Hall–Kier alpha value is -1.62. The van der Waals surface area contributed by atoms with Crippen LogP contribution in [0.1, 0.15) is 39.3 Å². The monoisotopic (exact) mass is 288 g/mol. The largest absolute Gasteiger partial charge is 0.476 e. The van der Waals surface area contributed by atoms with E-state index in [0.29, 0.717) is 5.88 Å². The van der Waals surface area contributed by atoms with Crippen LogP contribution in [0.5, 0.6) is 5.88 Å². The lowest BCUT2D eigenvalue weighted by atomic mass is 9.92. The predicted octanol–water partition coefficient (Wildman–Crippen LogP) is 2.41. The second-order valence-corrected chi connectivity index (χ2v) is 6.84. The second-order valence-electron chi connectivity index (χ2n) is 6.84. The van der Waals surface area contributed by atoms with Crippen molar-refractivity contribution in [3.05, 3.63) is 24.2 Å². The summed E-state index contributed by atoms with van der Waals surface area (Å²) < 4.78 is 7.77. The van der Waals surface area contributed by atoms with Gasteiger partial charge in [-0.2, -0.15) is 5.10 Å². The number of hydrogen-bond acceptors (Lipinski definition) is 4. The minimum Gasteiger partial charge on any atom is -0.476 e. The van der Waals surface area contributed by atoms with Crippen molar-refractivity contribution in [2.24, 2.45) is 5.92 Å². The van der Waals surface area contributed by atoms with Crippen LogP contribution in [0.25, 0.3) is 5.52 Å². The maximum atomic E-state index is 5.91. The summed E-state index contributed by atoms with van der Waals surface area (Å²) in [5.41, 5.74) is 2.03. The first-order chi connectivity index (χ1) is 10.0. The summed E-state index contributed by atoms with van der Waals surface area (Å²) in [7, 11) is 0. The van der Waals surface area contributed by atoms with Gasteiger partial charge in [0.15, 0.2) is 0 Å². The number of ether oxygens (including phenoxy) is 1. The van der Waals surface area contributed by atoms with Gasteiger partial charge in [0.1, 0.15) is 5.52 Å². The minimum absolute atomic E-state index is 0.0266. The van der Waals surface area contributed by atoms with Crippen LogP contribution in [0.2, 0.25) is 0 Å². The maximum Gasteiger partial charge on any atom is 0.240 e. The molecule has 1 fully saturated rings. The molecular weight excluding hydrogens is 264 g/mol. The fraction of sp³-hybridized carbons (Fsp3) is 0.625. The Labute approximate surface area is 125 Å². The van der Waals surface area contributed by atoms with Crippen LogP contribution in [0.4, 0.5) is 0 Å². The van der Waals surface area contributed by atoms with Gasteiger partial charge in [-0.05, 0) is 37.9 Å². The number of fused-ring (bicyclic) bond motifs is 1. The lowest BCUT2D eigenvalue weighted by molar-refractivity contribution is 0.276. The molecule has 3 rings (SSSR count). The average Bonchev–Trinajstić information content (AvgIpc) is 3.06. The molecule has 1 atom stereocenters. The zero-order valence-electron chi connectivity index (χ0n) is 13.1. The third-order valence-corrected chi connectivity index (χ3v) is 4.05. The van der Waals surface area contributed by atoms with Gasteiger partial charge in [-0.25, -0.2) is 9.50 Å². The van der Waals surface area contributed by atoms with Crippen LogP contribution in [-0.4, -0.2) is 34.3 Å². The molecule has 5 heteroatoms. The lowest BCUT2D eigenvalue weighted by Crippen LogP contribution is -2.12.